The average Bonchev–Trinajstić information content (AvgIpc) is 3.04. The first-order chi connectivity index (χ1) is 13.5. The SMILES string of the molecule is COc1ccc2cc(-c3nc4sc5c(c4c(=O)[nH]3)CCC(C)C5)c(=O)oc2c1. The van der Waals surface area contributed by atoms with E-state index >= 15 is 0 Å². The van der Waals surface area contributed by atoms with Crippen molar-refractivity contribution >= 4 is 32.5 Å². The fourth-order valence-corrected chi connectivity index (χ4v) is 5.24. The summed E-state index contributed by atoms with van der Waals surface area (Å²) in [4.78, 5) is 34.7. The Kier molecular flexibility index (Phi) is 3.87. The van der Waals surface area contributed by atoms with E-state index in [9.17, 15) is 9.59 Å². The predicted molar refractivity (Wildman–Crippen MR) is 109 cm³/mol. The van der Waals surface area contributed by atoms with Crippen molar-refractivity contribution < 1.29 is 9.15 Å². The number of hydrogen-bond donors (Lipinski definition) is 1. The number of nitrogens with one attached hydrogen (secondary N) is 1. The van der Waals surface area contributed by atoms with Crippen molar-refractivity contribution in [1.29, 1.82) is 0 Å². The Morgan fingerprint density at radius 3 is 2.96 bits per heavy atom. The lowest BCUT2D eigenvalue weighted by Gasteiger charge is -2.17. The van der Waals surface area contributed by atoms with Crippen LogP contribution < -0.4 is 15.9 Å². The molecule has 142 valence electrons. The third kappa shape index (κ3) is 2.65. The quantitative estimate of drug-likeness (QED) is 0.521. The summed E-state index contributed by atoms with van der Waals surface area (Å²) in [6, 6.07) is 6.96. The number of methoxy groups -OCH3 is 1. The summed E-state index contributed by atoms with van der Waals surface area (Å²) in [5.74, 6) is 1.47. The molecule has 1 aliphatic carbocycles. The monoisotopic (exact) mass is 394 g/mol. The minimum Gasteiger partial charge on any atom is -0.497 e. The fraction of sp³-hybridized carbons (Fsp3) is 0.286. The molecule has 4 aromatic rings. The van der Waals surface area contributed by atoms with Crippen LogP contribution in [0.15, 0.2) is 38.3 Å². The molecule has 0 fully saturated rings. The first-order valence-electron chi connectivity index (χ1n) is 9.20. The van der Waals surface area contributed by atoms with Gasteiger partial charge >= 0.3 is 5.63 Å². The third-order valence-electron chi connectivity index (χ3n) is 5.36. The van der Waals surface area contributed by atoms with E-state index in [0.29, 0.717) is 27.5 Å². The number of aromatic amines is 1. The number of fused-ring (bicyclic) bond motifs is 4. The van der Waals surface area contributed by atoms with E-state index in [1.807, 2.05) is 6.07 Å². The zero-order valence-corrected chi connectivity index (χ0v) is 16.3. The number of hydrogen-bond acceptors (Lipinski definition) is 6. The molecule has 28 heavy (non-hydrogen) atoms. The molecule has 1 atom stereocenters. The van der Waals surface area contributed by atoms with Gasteiger partial charge in [0, 0.05) is 16.3 Å². The number of aryl methyl sites for hydroxylation is 1. The predicted octanol–water partition coefficient (Wildman–Crippen LogP) is 3.89. The van der Waals surface area contributed by atoms with Gasteiger partial charge in [-0.2, -0.15) is 0 Å². The van der Waals surface area contributed by atoms with Gasteiger partial charge in [0.25, 0.3) is 5.56 Å². The van der Waals surface area contributed by atoms with Gasteiger partial charge in [-0.3, -0.25) is 4.79 Å². The van der Waals surface area contributed by atoms with E-state index in [-0.39, 0.29) is 16.9 Å². The Bertz CT molecular complexity index is 1350. The van der Waals surface area contributed by atoms with Gasteiger partial charge in [-0.15, -0.1) is 11.3 Å². The van der Waals surface area contributed by atoms with E-state index in [2.05, 4.69) is 16.9 Å². The standard InChI is InChI=1S/C21H18N2O4S/c1-10-3-6-13-16(7-10)28-20-17(13)19(24)22-18(23-20)14-8-11-4-5-12(26-2)9-15(11)27-21(14)25/h4-5,8-10H,3,6-7H2,1-2H3,(H,22,23,24). The zero-order chi connectivity index (χ0) is 19.4. The Balaban J connectivity index is 1.70. The van der Waals surface area contributed by atoms with E-state index < -0.39 is 5.63 Å². The van der Waals surface area contributed by atoms with Gasteiger partial charge in [-0.25, -0.2) is 9.78 Å². The highest BCUT2D eigenvalue weighted by molar-refractivity contribution is 7.18. The first kappa shape index (κ1) is 17.2. The van der Waals surface area contributed by atoms with Gasteiger partial charge in [-0.05, 0) is 48.9 Å². The molecule has 1 aliphatic rings. The molecule has 5 rings (SSSR count). The van der Waals surface area contributed by atoms with Crippen LogP contribution in [0.4, 0.5) is 0 Å². The van der Waals surface area contributed by atoms with Crippen LogP contribution in [0.2, 0.25) is 0 Å². The zero-order valence-electron chi connectivity index (χ0n) is 15.5. The molecule has 3 heterocycles. The highest BCUT2D eigenvalue weighted by atomic mass is 32.1. The maximum atomic E-state index is 12.8. The third-order valence-corrected chi connectivity index (χ3v) is 6.51. The van der Waals surface area contributed by atoms with Crippen molar-refractivity contribution in [2.24, 2.45) is 5.92 Å². The Labute approximate surface area is 163 Å². The summed E-state index contributed by atoms with van der Waals surface area (Å²) in [5, 5.41) is 1.41. The van der Waals surface area contributed by atoms with Crippen molar-refractivity contribution in [2.75, 3.05) is 7.11 Å². The van der Waals surface area contributed by atoms with E-state index in [0.717, 1.165) is 30.2 Å². The molecule has 0 spiro atoms. The molecular weight excluding hydrogens is 376 g/mol. The molecular formula is C21H18N2O4S. The lowest BCUT2D eigenvalue weighted by Crippen LogP contribution is -2.15. The Hall–Kier alpha value is -2.93. The number of benzene rings is 1. The van der Waals surface area contributed by atoms with Crippen LogP contribution >= 0.6 is 11.3 Å². The summed E-state index contributed by atoms with van der Waals surface area (Å²) in [5.41, 5.74) is 1.06. The van der Waals surface area contributed by atoms with Crippen molar-refractivity contribution in [2.45, 2.75) is 26.2 Å². The molecule has 6 nitrogen and oxygen atoms in total. The molecule has 0 saturated carbocycles. The molecule has 1 unspecified atom stereocenters. The maximum Gasteiger partial charge on any atom is 0.347 e. The molecule has 7 heteroatoms. The van der Waals surface area contributed by atoms with Gasteiger partial charge in [0.05, 0.1) is 12.5 Å². The van der Waals surface area contributed by atoms with Crippen molar-refractivity contribution in [3.05, 3.63) is 55.5 Å². The minimum absolute atomic E-state index is 0.193. The van der Waals surface area contributed by atoms with Gasteiger partial charge in [0.15, 0.2) is 0 Å². The van der Waals surface area contributed by atoms with Crippen molar-refractivity contribution in [3.63, 3.8) is 0 Å². The van der Waals surface area contributed by atoms with Crippen LogP contribution in [-0.4, -0.2) is 17.1 Å². The highest BCUT2D eigenvalue weighted by Crippen LogP contribution is 2.36. The molecule has 0 saturated heterocycles. The lowest BCUT2D eigenvalue weighted by atomic mass is 9.89. The van der Waals surface area contributed by atoms with E-state index in [1.165, 1.54) is 4.88 Å². The molecule has 0 bridgehead atoms. The first-order valence-corrected chi connectivity index (χ1v) is 10.0. The van der Waals surface area contributed by atoms with Crippen LogP contribution in [0, 0.1) is 5.92 Å². The summed E-state index contributed by atoms with van der Waals surface area (Å²) in [6.07, 6.45) is 2.96. The summed E-state index contributed by atoms with van der Waals surface area (Å²) >= 11 is 1.56. The second kappa shape index (κ2) is 6.31. The second-order valence-electron chi connectivity index (χ2n) is 7.30. The Morgan fingerprint density at radius 1 is 1.29 bits per heavy atom. The normalized spacial score (nSPS) is 16.4. The molecule has 0 radical (unpaired) electrons. The molecule has 0 aliphatic heterocycles. The fourth-order valence-electron chi connectivity index (χ4n) is 3.86. The molecule has 0 amide bonds. The smallest absolute Gasteiger partial charge is 0.347 e. The minimum atomic E-state index is -0.543. The van der Waals surface area contributed by atoms with Crippen LogP contribution in [0.5, 0.6) is 5.75 Å². The van der Waals surface area contributed by atoms with Crippen LogP contribution in [-0.2, 0) is 12.8 Å². The lowest BCUT2D eigenvalue weighted by molar-refractivity contribution is 0.414. The van der Waals surface area contributed by atoms with Crippen LogP contribution in [0.25, 0.3) is 32.6 Å². The number of H-pyrrole nitrogens is 1. The molecule has 1 N–H and O–H groups in total. The molecule has 1 aromatic carbocycles. The summed E-state index contributed by atoms with van der Waals surface area (Å²) in [6.45, 7) is 2.23. The highest BCUT2D eigenvalue weighted by Gasteiger charge is 2.23. The number of thiophene rings is 1. The number of nitrogens with zero attached hydrogens (tertiary/aromatic N) is 1. The maximum absolute atomic E-state index is 12.8. The van der Waals surface area contributed by atoms with Crippen LogP contribution in [0.1, 0.15) is 23.8 Å². The van der Waals surface area contributed by atoms with E-state index in [4.69, 9.17) is 9.15 Å². The van der Waals surface area contributed by atoms with Gasteiger partial charge < -0.3 is 14.1 Å². The number of aromatic nitrogens is 2. The van der Waals surface area contributed by atoms with Crippen molar-refractivity contribution in [3.8, 4) is 17.1 Å². The van der Waals surface area contributed by atoms with Gasteiger partial charge in [0.2, 0.25) is 0 Å². The van der Waals surface area contributed by atoms with Gasteiger partial charge in [-0.1, -0.05) is 6.92 Å². The Morgan fingerprint density at radius 2 is 2.14 bits per heavy atom. The number of rotatable bonds is 2. The largest absolute Gasteiger partial charge is 0.497 e. The summed E-state index contributed by atoms with van der Waals surface area (Å²) in [7, 11) is 1.55. The van der Waals surface area contributed by atoms with Crippen molar-refractivity contribution in [1.82, 2.24) is 9.97 Å². The van der Waals surface area contributed by atoms with Crippen LogP contribution in [0.3, 0.4) is 0 Å². The molecule has 3 aromatic heterocycles. The van der Waals surface area contributed by atoms with Gasteiger partial charge in [0.1, 0.15) is 27.6 Å². The summed E-state index contributed by atoms with van der Waals surface area (Å²) < 4.78 is 10.6. The average molecular weight is 394 g/mol. The topological polar surface area (TPSA) is 85.2 Å². The number of ether oxygens (including phenoxy) is 1. The van der Waals surface area contributed by atoms with E-state index in [1.54, 1.807) is 36.6 Å². The second-order valence-corrected chi connectivity index (χ2v) is 8.38.